The van der Waals surface area contributed by atoms with E-state index in [-0.39, 0.29) is 48.0 Å². The van der Waals surface area contributed by atoms with Gasteiger partial charge in [0.05, 0.1) is 6.20 Å². The average Bonchev–Trinajstić information content (AvgIpc) is 3.36. The Labute approximate surface area is 219 Å². The summed E-state index contributed by atoms with van der Waals surface area (Å²) in [5.74, 6) is -3.83. The molecule has 2 atom stereocenters. The zero-order valence-corrected chi connectivity index (χ0v) is 20.8. The van der Waals surface area contributed by atoms with Gasteiger partial charge in [-0.05, 0) is 37.3 Å². The zero-order chi connectivity index (χ0) is 27.9. The van der Waals surface area contributed by atoms with Crippen molar-refractivity contribution in [1.82, 2.24) is 29.2 Å². The van der Waals surface area contributed by atoms with Gasteiger partial charge >= 0.3 is 11.9 Å². The number of aromatic nitrogens is 5. The van der Waals surface area contributed by atoms with Gasteiger partial charge in [0.15, 0.2) is 11.6 Å². The SMILES string of the molecule is O=C(C[C@@H]1CC[C@@H](c2cccc(F)c2F)Cn2c(CC(F)(F)F)nnc21)N1CCC(n2cc(O)[nH]c2=O)CC1. The number of hydrogen-bond acceptors (Lipinski definition) is 5. The number of halogens is 5. The molecule has 2 aromatic heterocycles. The predicted octanol–water partition coefficient (Wildman–Crippen LogP) is 3.77. The third-order valence-electron chi connectivity index (χ3n) is 7.63. The van der Waals surface area contributed by atoms with Crippen LogP contribution >= 0.6 is 0 Å². The molecule has 14 heteroatoms. The number of alkyl halides is 3. The maximum Gasteiger partial charge on any atom is 0.396 e. The van der Waals surface area contributed by atoms with Crippen LogP contribution in [-0.2, 0) is 17.8 Å². The highest BCUT2D eigenvalue weighted by Crippen LogP contribution is 2.38. The van der Waals surface area contributed by atoms with Crippen molar-refractivity contribution in [1.29, 1.82) is 0 Å². The summed E-state index contributed by atoms with van der Waals surface area (Å²) in [5.41, 5.74) is -0.373. The smallest absolute Gasteiger partial charge is 0.396 e. The Kier molecular flexibility index (Phi) is 7.21. The summed E-state index contributed by atoms with van der Waals surface area (Å²) in [6.07, 6.45) is -2.98. The molecule has 0 spiro atoms. The van der Waals surface area contributed by atoms with Crippen LogP contribution in [0.3, 0.4) is 0 Å². The van der Waals surface area contributed by atoms with Crippen molar-refractivity contribution in [2.45, 2.75) is 69.1 Å². The average molecular weight is 555 g/mol. The molecular weight excluding hydrogens is 527 g/mol. The van der Waals surface area contributed by atoms with E-state index in [1.54, 1.807) is 4.90 Å². The Hall–Kier alpha value is -3.71. The molecule has 0 aliphatic carbocycles. The zero-order valence-electron chi connectivity index (χ0n) is 20.8. The lowest BCUT2D eigenvalue weighted by Crippen LogP contribution is -2.40. The molecule has 210 valence electrons. The standard InChI is InChI=1S/C25H27F5N6O3/c26-18-3-1-2-17(22(18)27)15-5-4-14(23-33-32-19(36(23)12-15)11-25(28,29)30)10-21(38)34-8-6-16(7-9-34)35-13-20(37)31-24(35)39/h1-3,13-16,37H,4-12H2,(H,31,39)/t14-,15+/m0/s1. The van der Waals surface area contributed by atoms with Crippen LogP contribution in [0.15, 0.2) is 29.2 Å². The Morgan fingerprint density at radius 2 is 1.85 bits per heavy atom. The van der Waals surface area contributed by atoms with Gasteiger partial charge in [-0.2, -0.15) is 13.2 Å². The van der Waals surface area contributed by atoms with Gasteiger partial charge in [0.1, 0.15) is 18.1 Å². The van der Waals surface area contributed by atoms with E-state index in [2.05, 4.69) is 15.2 Å². The lowest BCUT2D eigenvalue weighted by Gasteiger charge is -2.33. The number of piperidine rings is 1. The fraction of sp³-hybridized carbons (Fsp3) is 0.520. The number of carbonyl (C=O) groups is 1. The lowest BCUT2D eigenvalue weighted by atomic mass is 9.89. The number of likely N-dealkylation sites (tertiary alicyclic amines) is 1. The number of benzene rings is 1. The van der Waals surface area contributed by atoms with Crippen LogP contribution < -0.4 is 5.69 Å². The van der Waals surface area contributed by atoms with Gasteiger partial charge in [0, 0.05) is 43.9 Å². The highest BCUT2D eigenvalue weighted by atomic mass is 19.4. The third-order valence-corrected chi connectivity index (χ3v) is 7.63. The molecule has 2 aliphatic heterocycles. The fourth-order valence-corrected chi connectivity index (χ4v) is 5.69. The first kappa shape index (κ1) is 26.9. The lowest BCUT2D eigenvalue weighted by molar-refractivity contribution is -0.133. The van der Waals surface area contributed by atoms with Crippen LogP contribution in [0.2, 0.25) is 0 Å². The first-order valence-electron chi connectivity index (χ1n) is 12.7. The number of aromatic hydroxyl groups is 1. The van der Waals surface area contributed by atoms with Crippen molar-refractivity contribution in [2.24, 2.45) is 0 Å². The molecule has 3 aromatic rings. The van der Waals surface area contributed by atoms with E-state index in [0.717, 1.165) is 6.07 Å². The van der Waals surface area contributed by atoms with Crippen molar-refractivity contribution in [3.8, 4) is 5.88 Å². The topological polar surface area (TPSA) is 109 Å². The molecular formula is C25H27F5N6O3. The van der Waals surface area contributed by atoms with E-state index in [1.165, 1.54) is 27.5 Å². The van der Waals surface area contributed by atoms with Crippen LogP contribution in [0.1, 0.15) is 67.2 Å². The normalized spacial score (nSPS) is 20.6. The summed E-state index contributed by atoms with van der Waals surface area (Å²) in [6.45, 7) is 0.651. The second-order valence-electron chi connectivity index (χ2n) is 10.2. The predicted molar refractivity (Wildman–Crippen MR) is 127 cm³/mol. The van der Waals surface area contributed by atoms with Crippen LogP contribution in [0.4, 0.5) is 22.0 Å². The molecule has 1 aromatic carbocycles. The molecule has 1 saturated heterocycles. The molecule has 0 bridgehead atoms. The second kappa shape index (κ2) is 10.5. The number of nitrogens with zero attached hydrogens (tertiary/aromatic N) is 5. The number of fused-ring (bicyclic) bond motifs is 1. The first-order chi connectivity index (χ1) is 18.5. The summed E-state index contributed by atoms with van der Waals surface area (Å²) in [7, 11) is 0. The van der Waals surface area contributed by atoms with E-state index in [1.807, 2.05) is 0 Å². The maximum atomic E-state index is 14.6. The Morgan fingerprint density at radius 3 is 2.51 bits per heavy atom. The minimum Gasteiger partial charge on any atom is -0.493 e. The van der Waals surface area contributed by atoms with E-state index in [4.69, 9.17) is 0 Å². The number of rotatable bonds is 5. The summed E-state index contributed by atoms with van der Waals surface area (Å²) in [6, 6.07) is 3.57. The van der Waals surface area contributed by atoms with E-state index in [0.29, 0.717) is 38.8 Å². The Bertz CT molecular complexity index is 1410. The van der Waals surface area contributed by atoms with Crippen molar-refractivity contribution in [3.63, 3.8) is 0 Å². The highest BCUT2D eigenvalue weighted by molar-refractivity contribution is 5.77. The molecule has 1 fully saturated rings. The molecule has 5 rings (SSSR count). The molecule has 9 nitrogen and oxygen atoms in total. The van der Waals surface area contributed by atoms with Gasteiger partial charge in [-0.3, -0.25) is 14.3 Å². The fourth-order valence-electron chi connectivity index (χ4n) is 5.69. The largest absolute Gasteiger partial charge is 0.493 e. The summed E-state index contributed by atoms with van der Waals surface area (Å²) < 4.78 is 71.1. The number of imidazole rings is 1. The van der Waals surface area contributed by atoms with Crippen LogP contribution in [0, 0.1) is 11.6 Å². The van der Waals surface area contributed by atoms with Gasteiger partial charge in [-0.1, -0.05) is 12.1 Å². The molecule has 0 unspecified atom stereocenters. The molecule has 1 amide bonds. The summed E-state index contributed by atoms with van der Waals surface area (Å²) in [5, 5.41) is 17.3. The highest BCUT2D eigenvalue weighted by Gasteiger charge is 2.37. The number of aromatic amines is 1. The van der Waals surface area contributed by atoms with Gasteiger partial charge in [-0.25, -0.2) is 13.6 Å². The van der Waals surface area contributed by atoms with Gasteiger partial charge in [-0.15, -0.1) is 10.2 Å². The van der Waals surface area contributed by atoms with Gasteiger partial charge in [0.2, 0.25) is 11.8 Å². The number of H-pyrrole nitrogens is 1. The molecule has 2 N–H and O–H groups in total. The Balaban J connectivity index is 1.34. The second-order valence-corrected chi connectivity index (χ2v) is 10.2. The van der Waals surface area contributed by atoms with Gasteiger partial charge in [0.25, 0.3) is 0 Å². The van der Waals surface area contributed by atoms with Crippen LogP contribution in [0.5, 0.6) is 5.88 Å². The van der Waals surface area contributed by atoms with E-state index in [9.17, 15) is 36.6 Å². The number of amides is 1. The minimum absolute atomic E-state index is 0.0297. The van der Waals surface area contributed by atoms with Crippen molar-refractivity contribution in [3.05, 3.63) is 63.7 Å². The molecule has 0 radical (unpaired) electrons. The van der Waals surface area contributed by atoms with Crippen LogP contribution in [-0.4, -0.2) is 59.5 Å². The third kappa shape index (κ3) is 5.69. The number of nitrogens with one attached hydrogen (secondary N) is 1. The van der Waals surface area contributed by atoms with E-state index < -0.39 is 41.8 Å². The quantitative estimate of drug-likeness (QED) is 0.467. The summed E-state index contributed by atoms with van der Waals surface area (Å²) >= 11 is 0. The minimum atomic E-state index is -4.55. The van der Waals surface area contributed by atoms with Crippen molar-refractivity contribution < 1.29 is 31.9 Å². The van der Waals surface area contributed by atoms with E-state index >= 15 is 0 Å². The van der Waals surface area contributed by atoms with Crippen molar-refractivity contribution >= 4 is 5.91 Å². The molecule has 2 aliphatic rings. The maximum absolute atomic E-state index is 14.6. The monoisotopic (exact) mass is 554 g/mol. The first-order valence-corrected chi connectivity index (χ1v) is 12.7. The molecule has 4 heterocycles. The van der Waals surface area contributed by atoms with Crippen LogP contribution in [0.25, 0.3) is 0 Å². The number of carbonyl (C=O) groups excluding carboxylic acids is 1. The number of hydrogen-bond donors (Lipinski definition) is 2. The Morgan fingerprint density at radius 1 is 1.10 bits per heavy atom. The molecule has 0 saturated carbocycles. The summed E-state index contributed by atoms with van der Waals surface area (Å²) in [4.78, 5) is 29.2. The van der Waals surface area contributed by atoms with Crippen molar-refractivity contribution in [2.75, 3.05) is 13.1 Å². The van der Waals surface area contributed by atoms with Gasteiger partial charge < -0.3 is 14.6 Å². The molecule has 39 heavy (non-hydrogen) atoms.